The molecule has 1 aromatic carbocycles. The smallest absolute Gasteiger partial charge is 0.252 e. The van der Waals surface area contributed by atoms with E-state index < -0.39 is 0 Å². The highest BCUT2D eigenvalue weighted by atomic mass is 16.3. The minimum atomic E-state index is -0.155. The van der Waals surface area contributed by atoms with Crippen LogP contribution in [0.2, 0.25) is 0 Å². The average molecular weight is 438 g/mol. The molecule has 0 bridgehead atoms. The molecule has 0 saturated heterocycles. The molecule has 0 unspecified atom stereocenters. The van der Waals surface area contributed by atoms with Crippen molar-refractivity contribution in [1.29, 1.82) is 0 Å². The number of furan rings is 1. The van der Waals surface area contributed by atoms with Crippen LogP contribution in [0.3, 0.4) is 0 Å². The van der Waals surface area contributed by atoms with Crippen LogP contribution in [0, 0.1) is 6.92 Å². The first-order valence-corrected chi connectivity index (χ1v) is 10.8. The fourth-order valence-electron chi connectivity index (χ4n) is 3.85. The predicted octanol–water partition coefficient (Wildman–Crippen LogP) is 4.42. The number of aryl methyl sites for hydroxylation is 1. The molecule has 0 aliphatic rings. The third kappa shape index (κ3) is 4.52. The number of hydrogen-bond donors (Lipinski definition) is 1. The summed E-state index contributed by atoms with van der Waals surface area (Å²) in [5, 5.41) is 8.24. The van der Waals surface area contributed by atoms with E-state index in [2.05, 4.69) is 40.5 Å². The summed E-state index contributed by atoms with van der Waals surface area (Å²) in [6.07, 6.45) is 7.52. The molecule has 164 valence electrons. The van der Waals surface area contributed by atoms with Crippen molar-refractivity contribution in [2.24, 2.45) is 0 Å². The van der Waals surface area contributed by atoms with Crippen LogP contribution < -0.4 is 5.32 Å². The number of aromatic nitrogens is 4. The maximum absolute atomic E-state index is 13.2. The summed E-state index contributed by atoms with van der Waals surface area (Å²) < 4.78 is 7.22. The topological polar surface area (TPSA) is 85.8 Å². The van der Waals surface area contributed by atoms with Crippen LogP contribution in [0.15, 0.2) is 83.9 Å². The number of nitrogens with zero attached hydrogens (tertiary/aromatic N) is 4. The molecule has 0 aliphatic heterocycles. The van der Waals surface area contributed by atoms with Crippen LogP contribution >= 0.6 is 0 Å². The maximum Gasteiger partial charge on any atom is 0.252 e. The van der Waals surface area contributed by atoms with Crippen molar-refractivity contribution in [1.82, 2.24) is 25.1 Å². The molecule has 5 aromatic rings. The van der Waals surface area contributed by atoms with Gasteiger partial charge in [-0.25, -0.2) is 9.67 Å². The number of carbonyl (C=O) groups excluding carboxylic acids is 1. The third-order valence-electron chi connectivity index (χ3n) is 5.48. The minimum Gasteiger partial charge on any atom is -0.467 e. The van der Waals surface area contributed by atoms with Gasteiger partial charge in [-0.2, -0.15) is 5.10 Å². The second-order valence-electron chi connectivity index (χ2n) is 7.91. The van der Waals surface area contributed by atoms with Crippen molar-refractivity contribution < 1.29 is 9.21 Å². The Morgan fingerprint density at radius 2 is 2.03 bits per heavy atom. The Morgan fingerprint density at radius 3 is 2.82 bits per heavy atom. The number of amides is 1. The number of fused-ring (bicyclic) bond motifs is 1. The van der Waals surface area contributed by atoms with Gasteiger partial charge in [0.2, 0.25) is 0 Å². The van der Waals surface area contributed by atoms with Gasteiger partial charge in [0.05, 0.1) is 29.1 Å². The van der Waals surface area contributed by atoms with E-state index in [1.165, 1.54) is 11.1 Å². The van der Waals surface area contributed by atoms with Crippen LogP contribution in [-0.2, 0) is 13.0 Å². The van der Waals surface area contributed by atoms with Gasteiger partial charge in [0.1, 0.15) is 12.3 Å². The number of nitrogens with one attached hydrogen (secondary N) is 1. The maximum atomic E-state index is 13.2. The first-order valence-electron chi connectivity index (χ1n) is 10.8. The highest BCUT2D eigenvalue weighted by Crippen LogP contribution is 2.25. The van der Waals surface area contributed by atoms with Crippen molar-refractivity contribution in [3.63, 3.8) is 0 Å². The summed E-state index contributed by atoms with van der Waals surface area (Å²) in [6, 6.07) is 17.6. The molecule has 33 heavy (non-hydrogen) atoms. The summed E-state index contributed by atoms with van der Waals surface area (Å²) in [4.78, 5) is 22.2. The molecule has 0 radical (unpaired) electrons. The number of benzene rings is 1. The second kappa shape index (κ2) is 9.08. The Hall–Kier alpha value is -4.26. The standard InChI is InChI=1S/C26H23N5O2/c1-18-5-2-6-19(13-18)9-11-28-26(32)22-14-24(20-7-3-10-27-15-20)30-25-23(22)16-29-31(25)17-21-8-4-12-33-21/h2-8,10,12-16H,9,11,17H2,1H3,(H,28,32). The van der Waals surface area contributed by atoms with Crippen molar-refractivity contribution in [2.75, 3.05) is 6.54 Å². The highest BCUT2D eigenvalue weighted by Gasteiger charge is 2.18. The van der Waals surface area contributed by atoms with Crippen molar-refractivity contribution in [3.05, 3.63) is 102 Å². The van der Waals surface area contributed by atoms with E-state index in [-0.39, 0.29) is 5.91 Å². The zero-order valence-electron chi connectivity index (χ0n) is 18.2. The van der Waals surface area contributed by atoms with E-state index in [1.807, 2.05) is 30.3 Å². The molecular weight excluding hydrogens is 414 g/mol. The zero-order valence-corrected chi connectivity index (χ0v) is 18.2. The van der Waals surface area contributed by atoms with Crippen LogP contribution in [0.25, 0.3) is 22.3 Å². The van der Waals surface area contributed by atoms with Crippen molar-refractivity contribution in [2.45, 2.75) is 19.9 Å². The number of rotatable bonds is 7. The summed E-state index contributed by atoms with van der Waals surface area (Å²) in [6.45, 7) is 3.03. The molecule has 1 amide bonds. The van der Waals surface area contributed by atoms with Crippen molar-refractivity contribution >= 4 is 16.9 Å². The largest absolute Gasteiger partial charge is 0.467 e. The Labute approximate surface area is 191 Å². The van der Waals surface area contributed by atoms with E-state index in [0.717, 1.165) is 17.7 Å². The molecule has 1 N–H and O–H groups in total. The van der Waals surface area contributed by atoms with Gasteiger partial charge in [0, 0.05) is 24.5 Å². The number of hydrogen-bond acceptors (Lipinski definition) is 5. The molecule has 4 heterocycles. The normalized spacial score (nSPS) is 11.1. The van der Waals surface area contributed by atoms with Gasteiger partial charge >= 0.3 is 0 Å². The minimum absolute atomic E-state index is 0.155. The predicted molar refractivity (Wildman–Crippen MR) is 126 cm³/mol. The Bertz CT molecular complexity index is 1390. The lowest BCUT2D eigenvalue weighted by Gasteiger charge is -2.10. The van der Waals surface area contributed by atoms with Gasteiger partial charge in [0.25, 0.3) is 5.91 Å². The molecule has 0 fully saturated rings. The van der Waals surface area contributed by atoms with Crippen LogP contribution in [-0.4, -0.2) is 32.2 Å². The lowest BCUT2D eigenvalue weighted by Crippen LogP contribution is -2.26. The molecule has 5 rings (SSSR count). The molecule has 0 aliphatic carbocycles. The quantitative estimate of drug-likeness (QED) is 0.407. The SMILES string of the molecule is Cc1cccc(CCNC(=O)c2cc(-c3cccnc3)nc3c2cnn3Cc2ccco2)c1. The monoisotopic (exact) mass is 437 g/mol. The lowest BCUT2D eigenvalue weighted by molar-refractivity contribution is 0.0955. The van der Waals surface area contributed by atoms with Crippen molar-refractivity contribution in [3.8, 4) is 11.3 Å². The zero-order chi connectivity index (χ0) is 22.6. The van der Waals surface area contributed by atoms with Gasteiger partial charge < -0.3 is 9.73 Å². The van der Waals surface area contributed by atoms with E-state index in [0.29, 0.717) is 35.4 Å². The molecule has 0 atom stereocenters. The molecule has 0 spiro atoms. The van der Waals surface area contributed by atoms with Crippen LogP contribution in [0.1, 0.15) is 27.2 Å². The lowest BCUT2D eigenvalue weighted by atomic mass is 10.1. The van der Waals surface area contributed by atoms with E-state index in [1.54, 1.807) is 35.6 Å². The number of carbonyl (C=O) groups is 1. The summed E-state index contributed by atoms with van der Waals surface area (Å²) in [5.74, 6) is 0.607. The number of pyridine rings is 2. The van der Waals surface area contributed by atoms with E-state index >= 15 is 0 Å². The molecule has 7 heteroatoms. The molecule has 4 aromatic heterocycles. The fourth-order valence-corrected chi connectivity index (χ4v) is 3.85. The first-order chi connectivity index (χ1) is 16.2. The average Bonchev–Trinajstić information content (AvgIpc) is 3.49. The van der Waals surface area contributed by atoms with Gasteiger partial charge in [-0.15, -0.1) is 0 Å². The Kier molecular flexibility index (Phi) is 5.68. The van der Waals surface area contributed by atoms with Gasteiger partial charge in [-0.3, -0.25) is 9.78 Å². The second-order valence-corrected chi connectivity index (χ2v) is 7.91. The van der Waals surface area contributed by atoms with Gasteiger partial charge in [0.15, 0.2) is 5.65 Å². The third-order valence-corrected chi connectivity index (χ3v) is 5.48. The van der Waals surface area contributed by atoms with Gasteiger partial charge in [-0.05, 0) is 49.2 Å². The summed E-state index contributed by atoms with van der Waals surface area (Å²) >= 11 is 0. The highest BCUT2D eigenvalue weighted by molar-refractivity contribution is 6.06. The van der Waals surface area contributed by atoms with E-state index in [9.17, 15) is 4.79 Å². The molecular formula is C26H23N5O2. The molecule has 0 saturated carbocycles. The summed E-state index contributed by atoms with van der Waals surface area (Å²) in [7, 11) is 0. The van der Waals surface area contributed by atoms with E-state index in [4.69, 9.17) is 9.40 Å². The fraction of sp³-hybridized carbons (Fsp3) is 0.154. The Balaban J connectivity index is 1.47. The summed E-state index contributed by atoms with van der Waals surface area (Å²) in [5.41, 5.74) is 5.06. The van der Waals surface area contributed by atoms with Gasteiger partial charge in [-0.1, -0.05) is 29.8 Å². The Morgan fingerprint density at radius 1 is 1.09 bits per heavy atom. The van der Waals surface area contributed by atoms with Crippen LogP contribution in [0.4, 0.5) is 0 Å². The van der Waals surface area contributed by atoms with Crippen LogP contribution in [0.5, 0.6) is 0 Å². The molecule has 7 nitrogen and oxygen atoms in total. The first kappa shape index (κ1) is 20.6.